The molecule has 5 nitrogen and oxygen atoms in total. The van der Waals surface area contributed by atoms with Crippen molar-refractivity contribution in [3.05, 3.63) is 12.2 Å². The smallest absolute Gasteiger partial charge is 0.330 e. The van der Waals surface area contributed by atoms with E-state index in [1.165, 1.54) is 6.92 Å². The highest BCUT2D eigenvalue weighted by atomic mass is 16.6. The van der Waals surface area contributed by atoms with Crippen LogP contribution in [0.1, 0.15) is 6.92 Å². The first-order chi connectivity index (χ1) is 5.57. The molecule has 0 spiro atoms. The van der Waals surface area contributed by atoms with Crippen molar-refractivity contribution < 1.29 is 14.6 Å². The summed E-state index contributed by atoms with van der Waals surface area (Å²) in [7, 11) is 0. The van der Waals surface area contributed by atoms with Crippen LogP contribution in [-0.2, 0) is 9.53 Å². The standard InChI is InChI=1S/C4H6O2.C3H8N2O/c1-3(2)4(5)6;4-5-1-3-2-6-3/h1H2,2H3,(H,5,6);3,5H,1-2,4H2. The maximum atomic E-state index is 9.60. The van der Waals surface area contributed by atoms with E-state index in [0.717, 1.165) is 13.2 Å². The van der Waals surface area contributed by atoms with Gasteiger partial charge in [-0.1, -0.05) is 6.58 Å². The van der Waals surface area contributed by atoms with Crippen LogP contribution in [0.3, 0.4) is 0 Å². The predicted octanol–water partition coefficient (Wildman–Crippen LogP) is -0.504. The van der Waals surface area contributed by atoms with Crippen LogP contribution in [0.2, 0.25) is 0 Å². The minimum atomic E-state index is -0.935. The van der Waals surface area contributed by atoms with Gasteiger partial charge in [-0.25, -0.2) is 4.79 Å². The first-order valence-electron chi connectivity index (χ1n) is 3.51. The molecule has 70 valence electrons. The Bertz CT molecular complexity index is 154. The lowest BCUT2D eigenvalue weighted by Crippen LogP contribution is -2.26. The zero-order valence-corrected chi connectivity index (χ0v) is 7.04. The molecule has 12 heavy (non-hydrogen) atoms. The molecular formula is C7H14N2O3. The molecule has 4 N–H and O–H groups in total. The molecule has 1 aliphatic heterocycles. The molecule has 1 saturated heterocycles. The van der Waals surface area contributed by atoms with E-state index in [0.29, 0.717) is 6.10 Å². The molecule has 0 amide bonds. The fourth-order valence-corrected chi connectivity index (χ4v) is 0.317. The van der Waals surface area contributed by atoms with Crippen molar-refractivity contribution in [3.63, 3.8) is 0 Å². The SMILES string of the molecule is C=C(C)C(=O)O.NNCC1CO1. The largest absolute Gasteiger partial charge is 0.478 e. The number of hydrazine groups is 1. The van der Waals surface area contributed by atoms with Gasteiger partial charge in [-0.15, -0.1) is 0 Å². The van der Waals surface area contributed by atoms with Gasteiger partial charge in [0, 0.05) is 12.1 Å². The number of epoxide rings is 1. The fraction of sp³-hybridized carbons (Fsp3) is 0.571. The second kappa shape index (κ2) is 5.70. The van der Waals surface area contributed by atoms with Gasteiger partial charge in [-0.2, -0.15) is 0 Å². The summed E-state index contributed by atoms with van der Waals surface area (Å²) in [4.78, 5) is 9.60. The molecule has 5 heteroatoms. The number of carboxylic acids is 1. The maximum absolute atomic E-state index is 9.60. The Hall–Kier alpha value is -0.910. The number of carbonyl (C=O) groups is 1. The highest BCUT2D eigenvalue weighted by molar-refractivity contribution is 5.84. The molecule has 1 fully saturated rings. The average molecular weight is 174 g/mol. The minimum absolute atomic E-state index is 0.176. The molecule has 1 atom stereocenters. The second-order valence-electron chi connectivity index (χ2n) is 2.45. The Morgan fingerprint density at radius 3 is 2.42 bits per heavy atom. The molecular weight excluding hydrogens is 160 g/mol. The first kappa shape index (κ1) is 11.1. The lowest BCUT2D eigenvalue weighted by atomic mass is 10.4. The zero-order valence-electron chi connectivity index (χ0n) is 7.04. The van der Waals surface area contributed by atoms with E-state index < -0.39 is 5.97 Å². The lowest BCUT2D eigenvalue weighted by Gasteiger charge is -1.85. The second-order valence-corrected chi connectivity index (χ2v) is 2.45. The summed E-state index contributed by atoms with van der Waals surface area (Å²) in [6, 6.07) is 0. The summed E-state index contributed by atoms with van der Waals surface area (Å²) in [5.74, 6) is 4.00. The monoisotopic (exact) mass is 174 g/mol. The molecule has 0 aromatic heterocycles. The summed E-state index contributed by atoms with van der Waals surface area (Å²) in [5.41, 5.74) is 2.68. The van der Waals surface area contributed by atoms with E-state index in [9.17, 15) is 4.79 Å². The van der Waals surface area contributed by atoms with Gasteiger partial charge in [0.05, 0.1) is 12.7 Å². The lowest BCUT2D eigenvalue weighted by molar-refractivity contribution is -0.132. The number of hydrogen-bond acceptors (Lipinski definition) is 4. The topological polar surface area (TPSA) is 87.9 Å². The minimum Gasteiger partial charge on any atom is -0.478 e. The van der Waals surface area contributed by atoms with E-state index in [4.69, 9.17) is 15.7 Å². The Morgan fingerprint density at radius 2 is 2.33 bits per heavy atom. The van der Waals surface area contributed by atoms with Crippen LogP contribution in [0.15, 0.2) is 12.2 Å². The molecule has 1 heterocycles. The highest BCUT2D eigenvalue weighted by Crippen LogP contribution is 2.04. The third kappa shape index (κ3) is 7.20. The van der Waals surface area contributed by atoms with E-state index in [-0.39, 0.29) is 5.57 Å². The summed E-state index contributed by atoms with van der Waals surface area (Å²) in [6.45, 7) is 6.27. The first-order valence-corrected chi connectivity index (χ1v) is 3.51. The van der Waals surface area contributed by atoms with Gasteiger partial charge in [-0.05, 0) is 6.92 Å². The van der Waals surface area contributed by atoms with Crippen LogP contribution in [0.4, 0.5) is 0 Å². The highest BCUT2D eigenvalue weighted by Gasteiger charge is 2.20. The fourth-order valence-electron chi connectivity index (χ4n) is 0.317. The van der Waals surface area contributed by atoms with Crippen LogP contribution in [-0.4, -0.2) is 30.3 Å². The number of hydrogen-bond donors (Lipinski definition) is 3. The molecule has 1 rings (SSSR count). The number of nitrogens with two attached hydrogens (primary N) is 1. The predicted molar refractivity (Wildman–Crippen MR) is 44.4 cm³/mol. The number of nitrogens with one attached hydrogen (secondary N) is 1. The van der Waals surface area contributed by atoms with Crippen LogP contribution < -0.4 is 11.3 Å². The van der Waals surface area contributed by atoms with Crippen molar-refractivity contribution in [1.82, 2.24) is 5.43 Å². The molecule has 0 radical (unpaired) electrons. The van der Waals surface area contributed by atoms with Crippen molar-refractivity contribution in [1.29, 1.82) is 0 Å². The van der Waals surface area contributed by atoms with Crippen LogP contribution >= 0.6 is 0 Å². The van der Waals surface area contributed by atoms with Gasteiger partial charge in [0.1, 0.15) is 0 Å². The molecule has 0 aromatic carbocycles. The maximum Gasteiger partial charge on any atom is 0.330 e. The molecule has 0 bridgehead atoms. The van der Waals surface area contributed by atoms with Crippen LogP contribution in [0.25, 0.3) is 0 Å². The summed E-state index contributed by atoms with van der Waals surface area (Å²) < 4.78 is 4.81. The van der Waals surface area contributed by atoms with Crippen LogP contribution in [0.5, 0.6) is 0 Å². The van der Waals surface area contributed by atoms with Crippen molar-refractivity contribution >= 4 is 5.97 Å². The van der Waals surface area contributed by atoms with Gasteiger partial charge >= 0.3 is 5.97 Å². The van der Waals surface area contributed by atoms with Gasteiger partial charge in [0.15, 0.2) is 0 Å². The van der Waals surface area contributed by atoms with Crippen molar-refractivity contribution in [3.8, 4) is 0 Å². The summed E-state index contributed by atoms with van der Waals surface area (Å²) in [6.07, 6.45) is 0.412. The Kier molecular flexibility index (Phi) is 5.27. The van der Waals surface area contributed by atoms with E-state index >= 15 is 0 Å². The van der Waals surface area contributed by atoms with E-state index in [1.54, 1.807) is 0 Å². The quantitative estimate of drug-likeness (QED) is 0.232. The van der Waals surface area contributed by atoms with Gasteiger partial charge in [-0.3, -0.25) is 11.3 Å². The van der Waals surface area contributed by atoms with E-state index in [1.807, 2.05) is 0 Å². The average Bonchev–Trinajstić information content (AvgIpc) is 2.73. The Labute approximate surface area is 71.2 Å². The van der Waals surface area contributed by atoms with Crippen LogP contribution in [0, 0.1) is 0 Å². The molecule has 1 aliphatic rings. The third-order valence-corrected chi connectivity index (χ3v) is 1.11. The third-order valence-electron chi connectivity index (χ3n) is 1.11. The summed E-state index contributed by atoms with van der Waals surface area (Å²) in [5, 5.41) is 7.89. The summed E-state index contributed by atoms with van der Waals surface area (Å²) >= 11 is 0. The van der Waals surface area contributed by atoms with E-state index in [2.05, 4.69) is 12.0 Å². The van der Waals surface area contributed by atoms with Crippen molar-refractivity contribution in [2.75, 3.05) is 13.2 Å². The Morgan fingerprint density at radius 1 is 1.92 bits per heavy atom. The Balaban J connectivity index is 0.000000202. The molecule has 0 aliphatic carbocycles. The van der Waals surface area contributed by atoms with Gasteiger partial charge < -0.3 is 9.84 Å². The normalized spacial score (nSPS) is 19.0. The van der Waals surface area contributed by atoms with Crippen molar-refractivity contribution in [2.45, 2.75) is 13.0 Å². The number of rotatable bonds is 3. The molecule has 1 unspecified atom stereocenters. The zero-order chi connectivity index (χ0) is 9.56. The van der Waals surface area contributed by atoms with Gasteiger partial charge in [0.2, 0.25) is 0 Å². The number of ether oxygens (including phenoxy) is 1. The number of carboxylic acid groups (broad SMARTS) is 1. The van der Waals surface area contributed by atoms with Gasteiger partial charge in [0.25, 0.3) is 0 Å². The molecule has 0 aromatic rings. The number of aliphatic carboxylic acids is 1. The molecule has 0 saturated carbocycles. The van der Waals surface area contributed by atoms with Crippen molar-refractivity contribution in [2.24, 2.45) is 5.84 Å².